The maximum Gasteiger partial charge on any atom is 0.0443 e. The van der Waals surface area contributed by atoms with E-state index in [9.17, 15) is 0 Å². The fourth-order valence-corrected chi connectivity index (χ4v) is 1.96. The SMILES string of the molecule is C[C@H](NCCCO)c1ccccc1Br. The fourth-order valence-electron chi connectivity index (χ4n) is 1.33. The highest BCUT2D eigenvalue weighted by molar-refractivity contribution is 9.10. The highest BCUT2D eigenvalue weighted by Gasteiger charge is 2.06. The number of rotatable bonds is 5. The summed E-state index contributed by atoms with van der Waals surface area (Å²) in [6, 6.07) is 8.50. The van der Waals surface area contributed by atoms with Gasteiger partial charge in [-0.15, -0.1) is 0 Å². The standard InChI is InChI=1S/C11H16BrNO/c1-9(13-7-4-8-14)10-5-2-3-6-11(10)12/h2-3,5-6,9,13-14H,4,7-8H2,1H3/t9-/m0/s1. The third-order valence-electron chi connectivity index (χ3n) is 2.16. The first kappa shape index (κ1) is 11.7. The molecule has 0 amide bonds. The molecule has 2 nitrogen and oxygen atoms in total. The van der Waals surface area contributed by atoms with E-state index in [1.807, 2.05) is 18.2 Å². The van der Waals surface area contributed by atoms with Crippen LogP contribution in [-0.2, 0) is 0 Å². The van der Waals surface area contributed by atoms with Crippen molar-refractivity contribution in [1.29, 1.82) is 0 Å². The van der Waals surface area contributed by atoms with Gasteiger partial charge in [0.25, 0.3) is 0 Å². The maximum absolute atomic E-state index is 8.66. The Morgan fingerprint density at radius 2 is 2.14 bits per heavy atom. The molecule has 3 heteroatoms. The molecule has 2 N–H and O–H groups in total. The summed E-state index contributed by atoms with van der Waals surface area (Å²) in [4.78, 5) is 0. The number of nitrogens with one attached hydrogen (secondary N) is 1. The molecule has 0 fully saturated rings. The molecule has 1 aromatic rings. The predicted molar refractivity (Wildman–Crippen MR) is 62.3 cm³/mol. The Hall–Kier alpha value is -0.380. The van der Waals surface area contributed by atoms with Crippen LogP contribution >= 0.6 is 15.9 Å². The molecule has 0 heterocycles. The van der Waals surface area contributed by atoms with Gasteiger partial charge in [0.05, 0.1) is 0 Å². The van der Waals surface area contributed by atoms with Crippen LogP contribution in [0.3, 0.4) is 0 Å². The second-order valence-electron chi connectivity index (χ2n) is 3.27. The van der Waals surface area contributed by atoms with Gasteiger partial charge >= 0.3 is 0 Å². The van der Waals surface area contributed by atoms with E-state index in [-0.39, 0.29) is 6.61 Å². The van der Waals surface area contributed by atoms with Crippen LogP contribution in [-0.4, -0.2) is 18.3 Å². The van der Waals surface area contributed by atoms with Crippen molar-refractivity contribution >= 4 is 15.9 Å². The average Bonchev–Trinajstić information content (AvgIpc) is 2.18. The highest BCUT2D eigenvalue weighted by atomic mass is 79.9. The molecule has 0 aliphatic rings. The Labute approximate surface area is 93.5 Å². The van der Waals surface area contributed by atoms with Gasteiger partial charge in [0, 0.05) is 17.1 Å². The van der Waals surface area contributed by atoms with Crippen LogP contribution in [0.4, 0.5) is 0 Å². The Morgan fingerprint density at radius 1 is 1.43 bits per heavy atom. The zero-order chi connectivity index (χ0) is 10.4. The van der Waals surface area contributed by atoms with E-state index in [1.165, 1.54) is 5.56 Å². The lowest BCUT2D eigenvalue weighted by atomic mass is 10.1. The Kier molecular flexibility index (Phi) is 5.15. The second-order valence-corrected chi connectivity index (χ2v) is 4.13. The third kappa shape index (κ3) is 3.40. The van der Waals surface area contributed by atoms with E-state index in [0.717, 1.165) is 17.4 Å². The van der Waals surface area contributed by atoms with Crippen molar-refractivity contribution in [2.24, 2.45) is 0 Å². The number of aliphatic hydroxyl groups excluding tert-OH is 1. The number of aliphatic hydroxyl groups is 1. The quantitative estimate of drug-likeness (QED) is 0.795. The van der Waals surface area contributed by atoms with Crippen molar-refractivity contribution in [3.8, 4) is 0 Å². The molecule has 0 aliphatic carbocycles. The smallest absolute Gasteiger partial charge is 0.0443 e. The van der Waals surface area contributed by atoms with Crippen LogP contribution < -0.4 is 5.32 Å². The summed E-state index contributed by atoms with van der Waals surface area (Å²) in [6.07, 6.45) is 0.800. The summed E-state index contributed by atoms with van der Waals surface area (Å²) in [5.41, 5.74) is 1.26. The molecule has 0 spiro atoms. The van der Waals surface area contributed by atoms with Crippen molar-refractivity contribution in [1.82, 2.24) is 5.32 Å². The maximum atomic E-state index is 8.66. The highest BCUT2D eigenvalue weighted by Crippen LogP contribution is 2.22. The van der Waals surface area contributed by atoms with Crippen LogP contribution in [0.15, 0.2) is 28.7 Å². The fraction of sp³-hybridized carbons (Fsp3) is 0.455. The van der Waals surface area contributed by atoms with Crippen LogP contribution in [0.1, 0.15) is 24.9 Å². The molecule has 0 aliphatic heterocycles. The Morgan fingerprint density at radius 3 is 2.79 bits per heavy atom. The summed E-state index contributed by atoms with van der Waals surface area (Å²) >= 11 is 3.52. The van der Waals surface area contributed by atoms with Gasteiger partial charge < -0.3 is 10.4 Å². The largest absolute Gasteiger partial charge is 0.396 e. The minimum Gasteiger partial charge on any atom is -0.396 e. The summed E-state index contributed by atoms with van der Waals surface area (Å²) in [5.74, 6) is 0. The molecule has 78 valence electrons. The van der Waals surface area contributed by atoms with Gasteiger partial charge in [0.1, 0.15) is 0 Å². The average molecular weight is 258 g/mol. The molecule has 14 heavy (non-hydrogen) atoms. The minimum atomic E-state index is 0.246. The lowest BCUT2D eigenvalue weighted by molar-refractivity contribution is 0.284. The van der Waals surface area contributed by atoms with E-state index >= 15 is 0 Å². The van der Waals surface area contributed by atoms with Gasteiger partial charge in [-0.1, -0.05) is 34.1 Å². The van der Waals surface area contributed by atoms with Gasteiger partial charge in [-0.2, -0.15) is 0 Å². The molecule has 1 atom stereocenters. The summed E-state index contributed by atoms with van der Waals surface area (Å²) in [7, 11) is 0. The number of hydrogen-bond acceptors (Lipinski definition) is 2. The van der Waals surface area contributed by atoms with E-state index in [1.54, 1.807) is 0 Å². The first-order valence-electron chi connectivity index (χ1n) is 4.84. The van der Waals surface area contributed by atoms with E-state index in [0.29, 0.717) is 6.04 Å². The first-order valence-corrected chi connectivity index (χ1v) is 5.63. The van der Waals surface area contributed by atoms with Crippen molar-refractivity contribution in [2.45, 2.75) is 19.4 Å². The monoisotopic (exact) mass is 257 g/mol. The molecule has 0 saturated carbocycles. The van der Waals surface area contributed by atoms with Crippen molar-refractivity contribution in [2.75, 3.05) is 13.2 Å². The molecular weight excluding hydrogens is 242 g/mol. The van der Waals surface area contributed by atoms with Crippen molar-refractivity contribution in [3.05, 3.63) is 34.3 Å². The van der Waals surface area contributed by atoms with Gasteiger partial charge in [-0.05, 0) is 31.5 Å². The first-order chi connectivity index (χ1) is 6.75. The topological polar surface area (TPSA) is 32.3 Å². The molecule has 0 unspecified atom stereocenters. The molecular formula is C11H16BrNO. The molecule has 0 radical (unpaired) electrons. The third-order valence-corrected chi connectivity index (χ3v) is 2.88. The molecule has 0 aromatic heterocycles. The van der Waals surface area contributed by atoms with Gasteiger partial charge in [0.15, 0.2) is 0 Å². The predicted octanol–water partition coefficient (Wildman–Crippen LogP) is 2.48. The van der Waals surface area contributed by atoms with Gasteiger partial charge in [0.2, 0.25) is 0 Å². The van der Waals surface area contributed by atoms with Crippen molar-refractivity contribution in [3.63, 3.8) is 0 Å². The molecule has 0 saturated heterocycles. The van der Waals surface area contributed by atoms with E-state index in [2.05, 4.69) is 34.2 Å². The zero-order valence-corrected chi connectivity index (χ0v) is 9.92. The van der Waals surface area contributed by atoms with Crippen LogP contribution in [0, 0.1) is 0 Å². The zero-order valence-electron chi connectivity index (χ0n) is 8.33. The molecule has 1 aromatic carbocycles. The van der Waals surface area contributed by atoms with Gasteiger partial charge in [-0.3, -0.25) is 0 Å². The van der Waals surface area contributed by atoms with Crippen LogP contribution in [0.5, 0.6) is 0 Å². The summed E-state index contributed by atoms with van der Waals surface area (Å²) in [6.45, 7) is 3.21. The lowest BCUT2D eigenvalue weighted by Gasteiger charge is -2.15. The number of benzene rings is 1. The molecule has 0 bridgehead atoms. The second kappa shape index (κ2) is 6.17. The van der Waals surface area contributed by atoms with Crippen molar-refractivity contribution < 1.29 is 5.11 Å². The lowest BCUT2D eigenvalue weighted by Crippen LogP contribution is -2.20. The van der Waals surface area contributed by atoms with E-state index in [4.69, 9.17) is 5.11 Å². The van der Waals surface area contributed by atoms with Crippen LogP contribution in [0.2, 0.25) is 0 Å². The van der Waals surface area contributed by atoms with E-state index < -0.39 is 0 Å². The summed E-state index contributed by atoms with van der Waals surface area (Å²) in [5, 5.41) is 12.0. The molecule has 1 rings (SSSR count). The van der Waals surface area contributed by atoms with Crippen LogP contribution in [0.25, 0.3) is 0 Å². The normalized spacial score (nSPS) is 12.8. The Balaban J connectivity index is 2.51. The number of hydrogen-bond donors (Lipinski definition) is 2. The Bertz CT molecular complexity index is 278. The van der Waals surface area contributed by atoms with Gasteiger partial charge in [-0.25, -0.2) is 0 Å². The number of halogens is 1. The summed E-state index contributed by atoms with van der Waals surface area (Å²) < 4.78 is 1.13. The minimum absolute atomic E-state index is 0.246.